The molecule has 0 aliphatic carbocycles. The normalized spacial score (nSPS) is 16.4. The number of aromatic nitrogens is 2. The average molecular weight is 175 g/mol. The van der Waals surface area contributed by atoms with E-state index in [-0.39, 0.29) is 6.42 Å². The molecule has 0 amide bonds. The molecule has 0 spiro atoms. The highest BCUT2D eigenvalue weighted by Gasteiger charge is 2.30. The molecule has 1 aromatic heterocycles. The number of H-pyrrole nitrogens is 1. The zero-order valence-corrected chi connectivity index (χ0v) is 6.72. The van der Waals surface area contributed by atoms with E-state index in [0.29, 0.717) is 5.56 Å². The SMILES string of the molecule is CC(N)(Cc1cn[nH]c1)C(F)F. The Bertz CT molecular complexity index is 231. The molecule has 0 radical (unpaired) electrons. The highest BCUT2D eigenvalue weighted by atomic mass is 19.3. The molecule has 1 aromatic rings. The molecular formula is C7H11F2N3. The Morgan fingerprint density at radius 3 is 2.83 bits per heavy atom. The van der Waals surface area contributed by atoms with Gasteiger partial charge in [-0.05, 0) is 18.9 Å². The van der Waals surface area contributed by atoms with Crippen LogP contribution in [0.4, 0.5) is 8.78 Å². The van der Waals surface area contributed by atoms with E-state index in [1.54, 1.807) is 6.20 Å². The summed E-state index contributed by atoms with van der Waals surface area (Å²) >= 11 is 0. The molecule has 1 heterocycles. The van der Waals surface area contributed by atoms with Crippen molar-refractivity contribution in [1.29, 1.82) is 0 Å². The number of halogens is 2. The van der Waals surface area contributed by atoms with Crippen LogP contribution in [0.25, 0.3) is 0 Å². The van der Waals surface area contributed by atoms with E-state index in [2.05, 4.69) is 10.2 Å². The van der Waals surface area contributed by atoms with Crippen LogP contribution >= 0.6 is 0 Å². The third-order valence-corrected chi connectivity index (χ3v) is 1.64. The van der Waals surface area contributed by atoms with Crippen molar-refractivity contribution in [2.45, 2.75) is 25.3 Å². The zero-order valence-electron chi connectivity index (χ0n) is 6.72. The topological polar surface area (TPSA) is 54.7 Å². The number of nitrogens with one attached hydrogen (secondary N) is 1. The maximum Gasteiger partial charge on any atom is 0.256 e. The second-order valence-electron chi connectivity index (χ2n) is 3.09. The third-order valence-electron chi connectivity index (χ3n) is 1.64. The second kappa shape index (κ2) is 3.18. The van der Waals surface area contributed by atoms with Gasteiger partial charge in [0.2, 0.25) is 0 Å². The molecule has 1 atom stereocenters. The number of hydrogen-bond donors (Lipinski definition) is 2. The molecule has 68 valence electrons. The fourth-order valence-corrected chi connectivity index (χ4v) is 0.891. The van der Waals surface area contributed by atoms with E-state index >= 15 is 0 Å². The van der Waals surface area contributed by atoms with Crippen LogP contribution in [0.3, 0.4) is 0 Å². The number of alkyl halides is 2. The average Bonchev–Trinajstić information content (AvgIpc) is 2.38. The minimum absolute atomic E-state index is 0.126. The predicted octanol–water partition coefficient (Wildman–Crippen LogP) is 0.935. The first-order chi connectivity index (χ1) is 5.52. The van der Waals surface area contributed by atoms with Gasteiger partial charge < -0.3 is 5.73 Å². The quantitative estimate of drug-likeness (QED) is 0.718. The Kier molecular flexibility index (Phi) is 2.42. The molecule has 0 fully saturated rings. The van der Waals surface area contributed by atoms with Crippen molar-refractivity contribution in [2.24, 2.45) is 5.73 Å². The van der Waals surface area contributed by atoms with Crippen LogP contribution in [-0.4, -0.2) is 22.2 Å². The van der Waals surface area contributed by atoms with Gasteiger partial charge in [0.25, 0.3) is 6.43 Å². The minimum Gasteiger partial charge on any atom is -0.320 e. The fourth-order valence-electron chi connectivity index (χ4n) is 0.891. The molecule has 0 bridgehead atoms. The van der Waals surface area contributed by atoms with Gasteiger partial charge >= 0.3 is 0 Å². The van der Waals surface area contributed by atoms with Gasteiger partial charge in [-0.1, -0.05) is 0 Å². The van der Waals surface area contributed by atoms with E-state index in [1.165, 1.54) is 13.1 Å². The van der Waals surface area contributed by atoms with Crippen molar-refractivity contribution in [3.05, 3.63) is 18.0 Å². The van der Waals surface area contributed by atoms with E-state index in [0.717, 1.165) is 0 Å². The molecule has 3 N–H and O–H groups in total. The van der Waals surface area contributed by atoms with Crippen LogP contribution in [-0.2, 0) is 6.42 Å². The van der Waals surface area contributed by atoms with Crippen LogP contribution in [0.5, 0.6) is 0 Å². The Morgan fingerprint density at radius 1 is 1.75 bits per heavy atom. The first-order valence-corrected chi connectivity index (χ1v) is 3.57. The molecular weight excluding hydrogens is 164 g/mol. The number of rotatable bonds is 3. The lowest BCUT2D eigenvalue weighted by atomic mass is 9.96. The molecule has 0 aliphatic rings. The van der Waals surface area contributed by atoms with Gasteiger partial charge in [0.05, 0.1) is 11.7 Å². The van der Waals surface area contributed by atoms with Crippen molar-refractivity contribution in [1.82, 2.24) is 10.2 Å². The van der Waals surface area contributed by atoms with Gasteiger partial charge in [0, 0.05) is 6.20 Å². The van der Waals surface area contributed by atoms with Crippen molar-refractivity contribution < 1.29 is 8.78 Å². The van der Waals surface area contributed by atoms with Crippen LogP contribution in [0.1, 0.15) is 12.5 Å². The summed E-state index contributed by atoms with van der Waals surface area (Å²) in [5, 5.41) is 6.18. The smallest absolute Gasteiger partial charge is 0.256 e. The van der Waals surface area contributed by atoms with E-state index in [1.807, 2.05) is 0 Å². The maximum atomic E-state index is 12.2. The molecule has 0 saturated heterocycles. The highest BCUT2D eigenvalue weighted by Crippen LogP contribution is 2.17. The Hall–Kier alpha value is -0.970. The van der Waals surface area contributed by atoms with Crippen LogP contribution < -0.4 is 5.73 Å². The Morgan fingerprint density at radius 2 is 2.42 bits per heavy atom. The van der Waals surface area contributed by atoms with Gasteiger partial charge in [-0.2, -0.15) is 5.10 Å². The largest absolute Gasteiger partial charge is 0.320 e. The van der Waals surface area contributed by atoms with Crippen LogP contribution in [0.15, 0.2) is 12.4 Å². The number of aromatic amines is 1. The minimum atomic E-state index is -2.52. The first-order valence-electron chi connectivity index (χ1n) is 3.57. The molecule has 1 rings (SSSR count). The second-order valence-corrected chi connectivity index (χ2v) is 3.09. The number of nitrogens with zero attached hydrogens (tertiary/aromatic N) is 1. The summed E-state index contributed by atoms with van der Waals surface area (Å²) in [6, 6.07) is 0. The Balaban J connectivity index is 2.62. The molecule has 0 saturated carbocycles. The molecule has 0 aliphatic heterocycles. The summed E-state index contributed by atoms with van der Waals surface area (Å²) in [6.07, 6.45) is 0.662. The van der Waals surface area contributed by atoms with Crippen molar-refractivity contribution in [3.8, 4) is 0 Å². The Labute approximate surface area is 69.0 Å². The summed E-state index contributed by atoms with van der Waals surface area (Å²) in [5.74, 6) is 0. The van der Waals surface area contributed by atoms with E-state index in [9.17, 15) is 8.78 Å². The maximum absolute atomic E-state index is 12.2. The molecule has 12 heavy (non-hydrogen) atoms. The molecule has 0 aromatic carbocycles. The van der Waals surface area contributed by atoms with Gasteiger partial charge in [-0.25, -0.2) is 8.78 Å². The fraction of sp³-hybridized carbons (Fsp3) is 0.571. The van der Waals surface area contributed by atoms with Gasteiger partial charge in [-0.15, -0.1) is 0 Å². The van der Waals surface area contributed by atoms with Gasteiger partial charge in [0.15, 0.2) is 0 Å². The summed E-state index contributed by atoms with van der Waals surface area (Å²) in [6.45, 7) is 1.32. The van der Waals surface area contributed by atoms with Crippen molar-refractivity contribution in [3.63, 3.8) is 0 Å². The summed E-state index contributed by atoms with van der Waals surface area (Å²) < 4.78 is 24.5. The van der Waals surface area contributed by atoms with Crippen molar-refractivity contribution in [2.75, 3.05) is 0 Å². The molecule has 3 nitrogen and oxygen atoms in total. The first kappa shape index (κ1) is 9.12. The zero-order chi connectivity index (χ0) is 9.19. The summed E-state index contributed by atoms with van der Waals surface area (Å²) in [7, 11) is 0. The lowest BCUT2D eigenvalue weighted by molar-refractivity contribution is 0.0639. The standard InChI is InChI=1S/C7H11F2N3/c1-7(10,6(8)9)2-5-3-11-12-4-5/h3-4,6H,2,10H2,1H3,(H,11,12). The third kappa shape index (κ3) is 2.01. The lowest BCUT2D eigenvalue weighted by Gasteiger charge is -2.22. The van der Waals surface area contributed by atoms with Crippen LogP contribution in [0, 0.1) is 0 Å². The lowest BCUT2D eigenvalue weighted by Crippen LogP contribution is -2.45. The predicted molar refractivity (Wildman–Crippen MR) is 40.9 cm³/mol. The van der Waals surface area contributed by atoms with Gasteiger partial charge in [-0.3, -0.25) is 5.10 Å². The van der Waals surface area contributed by atoms with E-state index < -0.39 is 12.0 Å². The molecule has 1 unspecified atom stereocenters. The highest BCUT2D eigenvalue weighted by molar-refractivity contribution is 5.08. The van der Waals surface area contributed by atoms with Crippen molar-refractivity contribution >= 4 is 0 Å². The molecule has 5 heteroatoms. The monoisotopic (exact) mass is 175 g/mol. The summed E-state index contributed by atoms with van der Waals surface area (Å²) in [4.78, 5) is 0. The van der Waals surface area contributed by atoms with Gasteiger partial charge in [0.1, 0.15) is 0 Å². The number of hydrogen-bond acceptors (Lipinski definition) is 2. The summed E-state index contributed by atoms with van der Waals surface area (Å²) in [5.41, 5.74) is 4.59. The van der Waals surface area contributed by atoms with E-state index in [4.69, 9.17) is 5.73 Å². The van der Waals surface area contributed by atoms with Crippen LogP contribution in [0.2, 0.25) is 0 Å². The number of nitrogens with two attached hydrogens (primary N) is 1.